The van der Waals surface area contributed by atoms with Crippen LogP contribution in [0.25, 0.3) is 0 Å². The fraction of sp³-hybridized carbons (Fsp3) is 1.00. The molecule has 0 saturated heterocycles. The maximum Gasteiger partial charge on any atom is 0.0121 e. The first kappa shape index (κ1) is 18.0. The molecular formula is C17H37N. The molecule has 0 bridgehead atoms. The first-order chi connectivity index (χ1) is 8.51. The average molecular weight is 255 g/mol. The smallest absolute Gasteiger partial charge is 0.0121 e. The summed E-state index contributed by atoms with van der Waals surface area (Å²) in [6, 6.07) is 0.684. The van der Waals surface area contributed by atoms with E-state index in [1.807, 2.05) is 0 Å². The van der Waals surface area contributed by atoms with Crippen LogP contribution in [0.4, 0.5) is 0 Å². The predicted molar refractivity (Wildman–Crippen MR) is 84.1 cm³/mol. The molecule has 0 aromatic carbocycles. The summed E-state index contributed by atoms with van der Waals surface area (Å²) < 4.78 is 0. The molecule has 0 spiro atoms. The highest BCUT2D eigenvalue weighted by Gasteiger charge is 2.28. The largest absolute Gasteiger partial charge is 0.313 e. The van der Waals surface area contributed by atoms with Gasteiger partial charge >= 0.3 is 0 Å². The molecule has 18 heavy (non-hydrogen) atoms. The van der Waals surface area contributed by atoms with Crippen molar-refractivity contribution in [2.75, 3.05) is 6.54 Å². The molecule has 2 unspecified atom stereocenters. The van der Waals surface area contributed by atoms with Crippen molar-refractivity contribution in [2.45, 2.75) is 92.5 Å². The lowest BCUT2D eigenvalue weighted by Gasteiger charge is -2.36. The molecule has 0 aromatic rings. The van der Waals surface area contributed by atoms with Gasteiger partial charge in [0.2, 0.25) is 0 Å². The zero-order valence-corrected chi connectivity index (χ0v) is 13.8. The molecule has 110 valence electrons. The van der Waals surface area contributed by atoms with Crippen molar-refractivity contribution in [1.82, 2.24) is 5.32 Å². The van der Waals surface area contributed by atoms with Gasteiger partial charge in [0.15, 0.2) is 0 Å². The molecule has 1 nitrogen and oxygen atoms in total. The first-order valence-electron chi connectivity index (χ1n) is 8.25. The molecule has 0 heterocycles. The van der Waals surface area contributed by atoms with Gasteiger partial charge in [0, 0.05) is 6.04 Å². The van der Waals surface area contributed by atoms with Crippen LogP contribution >= 0.6 is 0 Å². The van der Waals surface area contributed by atoms with Crippen LogP contribution < -0.4 is 5.32 Å². The molecule has 0 saturated carbocycles. The summed E-state index contributed by atoms with van der Waals surface area (Å²) in [6.45, 7) is 15.3. The van der Waals surface area contributed by atoms with E-state index in [4.69, 9.17) is 0 Å². The third kappa shape index (κ3) is 6.78. The number of unbranched alkanes of at least 4 members (excludes halogenated alkanes) is 1. The van der Waals surface area contributed by atoms with Crippen LogP contribution in [0.1, 0.15) is 86.5 Å². The lowest BCUT2D eigenvalue weighted by Crippen LogP contribution is -2.43. The Morgan fingerprint density at radius 1 is 1.00 bits per heavy atom. The van der Waals surface area contributed by atoms with Crippen molar-refractivity contribution in [3.8, 4) is 0 Å². The van der Waals surface area contributed by atoms with Gasteiger partial charge in [0.25, 0.3) is 0 Å². The standard InChI is InChI=1S/C17H37N/c1-7-11-12-15(9-3)14-16(18-13-8-2)17(5,6)10-4/h15-16,18H,7-14H2,1-6H3. The number of rotatable bonds is 11. The van der Waals surface area contributed by atoms with Crippen molar-refractivity contribution < 1.29 is 0 Å². The summed E-state index contributed by atoms with van der Waals surface area (Å²) in [5, 5.41) is 3.80. The molecular weight excluding hydrogens is 218 g/mol. The Morgan fingerprint density at radius 3 is 2.11 bits per heavy atom. The van der Waals surface area contributed by atoms with Crippen LogP contribution in [0.5, 0.6) is 0 Å². The molecule has 0 aliphatic rings. The van der Waals surface area contributed by atoms with E-state index < -0.39 is 0 Å². The summed E-state index contributed by atoms with van der Waals surface area (Å²) in [5.74, 6) is 0.908. The zero-order chi connectivity index (χ0) is 14.0. The van der Waals surface area contributed by atoms with E-state index in [2.05, 4.69) is 46.9 Å². The van der Waals surface area contributed by atoms with Crippen LogP contribution in [0.2, 0.25) is 0 Å². The van der Waals surface area contributed by atoms with Gasteiger partial charge in [-0.15, -0.1) is 0 Å². The van der Waals surface area contributed by atoms with Gasteiger partial charge in [0.05, 0.1) is 0 Å². The quantitative estimate of drug-likeness (QED) is 0.521. The third-order valence-electron chi connectivity index (χ3n) is 4.61. The molecule has 0 radical (unpaired) electrons. The minimum absolute atomic E-state index is 0.425. The molecule has 0 fully saturated rings. The summed E-state index contributed by atoms with van der Waals surface area (Å²) in [6.07, 6.45) is 9.34. The fourth-order valence-corrected chi connectivity index (χ4v) is 2.56. The van der Waals surface area contributed by atoms with Crippen molar-refractivity contribution >= 4 is 0 Å². The minimum atomic E-state index is 0.425. The topological polar surface area (TPSA) is 12.0 Å². The normalized spacial score (nSPS) is 15.7. The van der Waals surface area contributed by atoms with Crippen LogP contribution in [0, 0.1) is 11.3 Å². The third-order valence-corrected chi connectivity index (χ3v) is 4.61. The van der Waals surface area contributed by atoms with Gasteiger partial charge in [-0.1, -0.05) is 67.2 Å². The highest BCUT2D eigenvalue weighted by Crippen LogP contribution is 2.31. The molecule has 2 atom stereocenters. The number of nitrogens with one attached hydrogen (secondary N) is 1. The fourth-order valence-electron chi connectivity index (χ4n) is 2.56. The van der Waals surface area contributed by atoms with E-state index in [1.165, 1.54) is 44.9 Å². The Labute approximate surface area is 116 Å². The number of hydrogen-bond acceptors (Lipinski definition) is 1. The van der Waals surface area contributed by atoms with Crippen LogP contribution in [0.3, 0.4) is 0 Å². The maximum absolute atomic E-state index is 3.80. The molecule has 0 amide bonds. The van der Waals surface area contributed by atoms with E-state index in [-0.39, 0.29) is 0 Å². The van der Waals surface area contributed by atoms with Crippen molar-refractivity contribution in [3.05, 3.63) is 0 Å². The SMILES string of the molecule is CCCCC(CC)CC(NCCC)C(C)(C)CC. The molecule has 0 aromatic heterocycles. The second kappa shape index (κ2) is 9.83. The van der Waals surface area contributed by atoms with E-state index in [1.54, 1.807) is 0 Å². The van der Waals surface area contributed by atoms with E-state index >= 15 is 0 Å². The van der Waals surface area contributed by atoms with E-state index in [9.17, 15) is 0 Å². The van der Waals surface area contributed by atoms with Crippen molar-refractivity contribution in [3.63, 3.8) is 0 Å². The highest BCUT2D eigenvalue weighted by molar-refractivity contribution is 4.85. The number of hydrogen-bond donors (Lipinski definition) is 1. The summed E-state index contributed by atoms with van der Waals surface area (Å²) in [4.78, 5) is 0. The maximum atomic E-state index is 3.80. The zero-order valence-electron chi connectivity index (χ0n) is 13.8. The Bertz CT molecular complexity index is 186. The lowest BCUT2D eigenvalue weighted by molar-refractivity contribution is 0.190. The summed E-state index contributed by atoms with van der Waals surface area (Å²) >= 11 is 0. The lowest BCUT2D eigenvalue weighted by atomic mass is 9.76. The summed E-state index contributed by atoms with van der Waals surface area (Å²) in [7, 11) is 0. The second-order valence-electron chi connectivity index (χ2n) is 6.50. The van der Waals surface area contributed by atoms with Gasteiger partial charge in [0.1, 0.15) is 0 Å². The molecule has 1 N–H and O–H groups in total. The first-order valence-corrected chi connectivity index (χ1v) is 8.25. The van der Waals surface area contributed by atoms with Gasteiger partial charge in [-0.3, -0.25) is 0 Å². The van der Waals surface area contributed by atoms with Gasteiger partial charge < -0.3 is 5.32 Å². The minimum Gasteiger partial charge on any atom is -0.313 e. The van der Waals surface area contributed by atoms with Crippen LogP contribution in [-0.2, 0) is 0 Å². The van der Waals surface area contributed by atoms with Gasteiger partial charge in [-0.25, -0.2) is 0 Å². The van der Waals surface area contributed by atoms with Crippen LogP contribution in [0.15, 0.2) is 0 Å². The second-order valence-corrected chi connectivity index (χ2v) is 6.50. The highest BCUT2D eigenvalue weighted by atomic mass is 14.9. The molecule has 0 aliphatic heterocycles. The average Bonchev–Trinajstić information content (AvgIpc) is 2.37. The van der Waals surface area contributed by atoms with Crippen molar-refractivity contribution in [2.24, 2.45) is 11.3 Å². The van der Waals surface area contributed by atoms with Gasteiger partial charge in [-0.2, -0.15) is 0 Å². The Balaban J connectivity index is 4.44. The summed E-state index contributed by atoms with van der Waals surface area (Å²) in [5.41, 5.74) is 0.425. The Kier molecular flexibility index (Phi) is 9.81. The predicted octanol–water partition coefficient (Wildman–Crippen LogP) is 5.40. The molecule has 0 rings (SSSR count). The van der Waals surface area contributed by atoms with Crippen molar-refractivity contribution in [1.29, 1.82) is 0 Å². The van der Waals surface area contributed by atoms with Crippen LogP contribution in [-0.4, -0.2) is 12.6 Å². The van der Waals surface area contributed by atoms with Gasteiger partial charge in [-0.05, 0) is 37.1 Å². The van der Waals surface area contributed by atoms with E-state index in [0.29, 0.717) is 11.5 Å². The molecule has 1 heteroatoms. The monoisotopic (exact) mass is 255 g/mol. The molecule has 0 aliphatic carbocycles. The van der Waals surface area contributed by atoms with E-state index in [0.717, 1.165) is 12.5 Å². The Morgan fingerprint density at radius 2 is 1.67 bits per heavy atom. The Hall–Kier alpha value is -0.0400.